The van der Waals surface area contributed by atoms with Crippen LogP contribution in [0.3, 0.4) is 0 Å². The van der Waals surface area contributed by atoms with Gasteiger partial charge in [0, 0.05) is 17.3 Å². The average Bonchev–Trinajstić information content (AvgIpc) is 3.07. The van der Waals surface area contributed by atoms with Crippen molar-refractivity contribution in [1.29, 1.82) is 0 Å². The molecular weight excluding hydrogens is 300 g/mol. The van der Waals surface area contributed by atoms with Gasteiger partial charge in [0.25, 0.3) is 5.91 Å². The Morgan fingerprint density at radius 2 is 1.83 bits per heavy atom. The van der Waals surface area contributed by atoms with Crippen LogP contribution in [0.15, 0.2) is 59.1 Å². The second-order valence-electron chi connectivity index (χ2n) is 6.09. The predicted octanol–water partition coefficient (Wildman–Crippen LogP) is 5.03. The smallest absolute Gasteiger partial charge is 0.277 e. The average molecular weight is 320 g/mol. The second-order valence-corrected chi connectivity index (χ2v) is 6.09. The molecule has 0 saturated heterocycles. The molecule has 2 aromatic carbocycles. The summed E-state index contributed by atoms with van der Waals surface area (Å²) >= 11 is 0. The molecule has 0 atom stereocenters. The molecule has 0 fully saturated rings. The number of nitrogens with zero attached hydrogens (tertiary/aromatic N) is 1. The summed E-state index contributed by atoms with van der Waals surface area (Å²) in [6, 6.07) is 17.3. The molecule has 0 aliphatic rings. The number of hydrogen-bond donors (Lipinski definition) is 1. The maximum atomic E-state index is 12.6. The van der Waals surface area contributed by atoms with Gasteiger partial charge in [-0.15, -0.1) is 0 Å². The Morgan fingerprint density at radius 3 is 2.54 bits per heavy atom. The van der Waals surface area contributed by atoms with Crippen LogP contribution in [0.5, 0.6) is 0 Å². The van der Waals surface area contributed by atoms with Gasteiger partial charge in [-0.1, -0.05) is 67.5 Å². The van der Waals surface area contributed by atoms with Crippen LogP contribution >= 0.6 is 0 Å². The molecule has 3 rings (SSSR count). The van der Waals surface area contributed by atoms with E-state index in [2.05, 4.69) is 24.3 Å². The van der Waals surface area contributed by atoms with Crippen LogP contribution in [0.2, 0.25) is 0 Å². The number of nitrogens with one attached hydrogen (secondary N) is 1. The Hall–Kier alpha value is -2.88. The number of aromatic nitrogens is 1. The molecule has 4 nitrogen and oxygen atoms in total. The summed E-state index contributed by atoms with van der Waals surface area (Å²) in [7, 11) is 0. The molecule has 1 heterocycles. The molecule has 1 amide bonds. The van der Waals surface area contributed by atoms with E-state index >= 15 is 0 Å². The van der Waals surface area contributed by atoms with E-state index in [1.165, 1.54) is 0 Å². The third-order valence-corrected chi connectivity index (χ3v) is 3.97. The lowest BCUT2D eigenvalue weighted by molar-refractivity contribution is 0.101. The van der Waals surface area contributed by atoms with Crippen molar-refractivity contribution in [2.75, 3.05) is 5.32 Å². The van der Waals surface area contributed by atoms with Crippen LogP contribution in [-0.2, 0) is 0 Å². The Morgan fingerprint density at radius 1 is 1.08 bits per heavy atom. The van der Waals surface area contributed by atoms with E-state index < -0.39 is 0 Å². The first-order valence-electron chi connectivity index (χ1n) is 7.99. The highest BCUT2D eigenvalue weighted by Crippen LogP contribution is 2.28. The third kappa shape index (κ3) is 3.23. The monoisotopic (exact) mass is 320 g/mol. The fourth-order valence-corrected chi connectivity index (χ4v) is 2.64. The Bertz CT molecular complexity index is 851. The highest BCUT2D eigenvalue weighted by Gasteiger charge is 2.17. The minimum Gasteiger partial charge on any atom is -0.355 e. The first kappa shape index (κ1) is 16.0. The lowest BCUT2D eigenvalue weighted by atomic mass is 9.98. The number of para-hydroxylation sites is 1. The molecule has 1 N–H and O–H groups in total. The first-order chi connectivity index (χ1) is 11.6. The van der Waals surface area contributed by atoms with Gasteiger partial charge in [-0.05, 0) is 24.0 Å². The van der Waals surface area contributed by atoms with Crippen LogP contribution in [0.1, 0.15) is 41.4 Å². The quantitative estimate of drug-likeness (QED) is 0.734. The Balaban J connectivity index is 1.86. The molecule has 0 radical (unpaired) electrons. The number of rotatable bonds is 4. The van der Waals surface area contributed by atoms with Gasteiger partial charge in [0.1, 0.15) is 0 Å². The van der Waals surface area contributed by atoms with Crippen molar-refractivity contribution in [3.05, 3.63) is 71.4 Å². The van der Waals surface area contributed by atoms with E-state index in [-0.39, 0.29) is 11.6 Å². The van der Waals surface area contributed by atoms with E-state index in [1.54, 1.807) is 6.07 Å². The molecule has 0 unspecified atom stereocenters. The van der Waals surface area contributed by atoms with Crippen LogP contribution in [0, 0.1) is 6.92 Å². The molecule has 0 aliphatic heterocycles. The maximum Gasteiger partial charge on any atom is 0.277 e. The minimum atomic E-state index is -0.267. The zero-order valence-electron chi connectivity index (χ0n) is 14.0. The number of benzene rings is 2. The maximum absolute atomic E-state index is 12.6. The van der Waals surface area contributed by atoms with Crippen LogP contribution in [-0.4, -0.2) is 11.1 Å². The number of amides is 1. The van der Waals surface area contributed by atoms with Gasteiger partial charge in [-0.2, -0.15) is 0 Å². The topological polar surface area (TPSA) is 55.1 Å². The van der Waals surface area contributed by atoms with Crippen molar-refractivity contribution in [3.63, 3.8) is 0 Å². The van der Waals surface area contributed by atoms with Crippen molar-refractivity contribution >= 4 is 11.6 Å². The van der Waals surface area contributed by atoms with Gasteiger partial charge in [0.15, 0.2) is 11.5 Å². The number of carbonyl (C=O) groups excluding carboxylic acids is 1. The summed E-state index contributed by atoms with van der Waals surface area (Å²) in [6.45, 7) is 6.20. The fraction of sp³-hybridized carbons (Fsp3) is 0.200. The lowest BCUT2D eigenvalue weighted by Crippen LogP contribution is -2.15. The normalized spacial score (nSPS) is 10.8. The van der Waals surface area contributed by atoms with Crippen molar-refractivity contribution in [2.24, 2.45) is 0 Å². The lowest BCUT2D eigenvalue weighted by Gasteiger charge is -2.15. The molecule has 0 saturated carbocycles. The van der Waals surface area contributed by atoms with Crippen molar-refractivity contribution < 1.29 is 9.32 Å². The SMILES string of the molecule is Cc1cccc(C(C)C)c1NC(=O)c1cc(-c2ccccc2)on1. The zero-order valence-corrected chi connectivity index (χ0v) is 14.0. The van der Waals surface area contributed by atoms with Crippen LogP contribution in [0.25, 0.3) is 11.3 Å². The molecule has 122 valence electrons. The molecule has 0 aliphatic carbocycles. The number of aryl methyl sites for hydroxylation is 1. The Kier molecular flexibility index (Phi) is 4.47. The highest BCUT2D eigenvalue weighted by atomic mass is 16.5. The first-order valence-corrected chi connectivity index (χ1v) is 7.99. The summed E-state index contributed by atoms with van der Waals surface area (Å²) in [5.41, 5.74) is 4.15. The van der Waals surface area contributed by atoms with Crippen molar-refractivity contribution in [2.45, 2.75) is 26.7 Å². The highest BCUT2D eigenvalue weighted by molar-refractivity contribution is 6.04. The summed E-state index contributed by atoms with van der Waals surface area (Å²) in [6.07, 6.45) is 0. The molecule has 24 heavy (non-hydrogen) atoms. The number of anilines is 1. The standard InChI is InChI=1S/C20H20N2O2/c1-13(2)16-11-7-8-14(3)19(16)21-20(23)17-12-18(24-22-17)15-9-5-4-6-10-15/h4-13H,1-3H3,(H,21,23). The fourth-order valence-electron chi connectivity index (χ4n) is 2.64. The van der Waals surface area contributed by atoms with E-state index in [0.717, 1.165) is 22.4 Å². The molecule has 4 heteroatoms. The summed E-state index contributed by atoms with van der Waals surface area (Å²) < 4.78 is 5.31. The van der Waals surface area contributed by atoms with Crippen molar-refractivity contribution in [1.82, 2.24) is 5.16 Å². The van der Waals surface area contributed by atoms with Gasteiger partial charge >= 0.3 is 0 Å². The van der Waals surface area contributed by atoms with E-state index in [1.807, 2.05) is 55.5 Å². The van der Waals surface area contributed by atoms with Gasteiger partial charge < -0.3 is 9.84 Å². The van der Waals surface area contributed by atoms with Gasteiger partial charge in [-0.3, -0.25) is 4.79 Å². The van der Waals surface area contributed by atoms with E-state index in [4.69, 9.17) is 4.52 Å². The second kappa shape index (κ2) is 6.71. The minimum absolute atomic E-state index is 0.267. The molecule has 1 aromatic heterocycles. The summed E-state index contributed by atoms with van der Waals surface area (Å²) in [5, 5.41) is 6.89. The van der Waals surface area contributed by atoms with Gasteiger partial charge in [-0.25, -0.2) is 0 Å². The predicted molar refractivity (Wildman–Crippen MR) is 95.2 cm³/mol. The Labute approximate surface area is 141 Å². The van der Waals surface area contributed by atoms with Gasteiger partial charge in [0.05, 0.1) is 0 Å². The molecular formula is C20H20N2O2. The largest absolute Gasteiger partial charge is 0.355 e. The molecule has 3 aromatic rings. The third-order valence-electron chi connectivity index (χ3n) is 3.97. The van der Waals surface area contributed by atoms with E-state index in [0.29, 0.717) is 11.7 Å². The van der Waals surface area contributed by atoms with Crippen LogP contribution < -0.4 is 5.32 Å². The number of carbonyl (C=O) groups is 1. The van der Waals surface area contributed by atoms with E-state index in [9.17, 15) is 4.79 Å². The zero-order chi connectivity index (χ0) is 17.1. The molecule has 0 spiro atoms. The molecule has 0 bridgehead atoms. The summed E-state index contributed by atoms with van der Waals surface area (Å²) in [4.78, 5) is 12.6. The van der Waals surface area contributed by atoms with Crippen molar-refractivity contribution in [3.8, 4) is 11.3 Å². The number of hydrogen-bond acceptors (Lipinski definition) is 3. The van der Waals surface area contributed by atoms with Crippen LogP contribution in [0.4, 0.5) is 5.69 Å². The summed E-state index contributed by atoms with van der Waals surface area (Å²) in [5.74, 6) is 0.629. The van der Waals surface area contributed by atoms with Gasteiger partial charge in [0.2, 0.25) is 0 Å².